The highest BCUT2D eigenvalue weighted by atomic mass is 16.6. The van der Waals surface area contributed by atoms with Gasteiger partial charge in [-0.25, -0.2) is 44.7 Å². The van der Waals surface area contributed by atoms with Crippen molar-refractivity contribution in [1.82, 2.24) is 114 Å². The number of hydrogen-bond donors (Lipinski definition) is 13. The summed E-state index contributed by atoms with van der Waals surface area (Å²) in [5, 5.41) is 47.0. The van der Waals surface area contributed by atoms with Crippen molar-refractivity contribution in [3.8, 4) is 52.0 Å². The average molecular weight is 1740 g/mol. The van der Waals surface area contributed by atoms with Crippen molar-refractivity contribution in [3.63, 3.8) is 0 Å². The number of ether oxygens (including phenoxy) is 7. The van der Waals surface area contributed by atoms with Crippen LogP contribution in [0.25, 0.3) is 23.3 Å². The van der Waals surface area contributed by atoms with Gasteiger partial charge in [-0.2, -0.15) is 38.7 Å². The average Bonchev–Trinajstić information content (AvgIpc) is 1.65. The number of aromatic nitrogens is 20. The number of anilines is 18. The van der Waals surface area contributed by atoms with Crippen LogP contribution in [0, 0.1) is 13.8 Å². The normalized spacial score (nSPS) is 13.3. The summed E-state index contributed by atoms with van der Waals surface area (Å²) in [5.41, 5.74) is 29.2. The van der Waals surface area contributed by atoms with Gasteiger partial charge in [0.05, 0.1) is 65.3 Å². The zero-order valence-corrected chi connectivity index (χ0v) is 71.6. The minimum atomic E-state index is -0.264. The molecule has 664 valence electrons. The van der Waals surface area contributed by atoms with Crippen molar-refractivity contribution < 1.29 is 38.0 Å². The number of amides is 1. The van der Waals surface area contributed by atoms with Gasteiger partial charge in [0.1, 0.15) is 71.4 Å². The van der Waals surface area contributed by atoms with E-state index >= 15 is 0 Å². The third kappa shape index (κ3) is 24.1. The quantitative estimate of drug-likeness (QED) is 0.0207. The summed E-state index contributed by atoms with van der Waals surface area (Å²) in [7, 11) is 6.42. The summed E-state index contributed by atoms with van der Waals surface area (Å²) in [6, 6.07) is 55.2. The van der Waals surface area contributed by atoms with Crippen LogP contribution < -0.4 is 94.5 Å². The number of piperidine rings is 2. The number of benzene rings is 6. The number of carbonyl (C=O) groups is 1. The van der Waals surface area contributed by atoms with Gasteiger partial charge in [0, 0.05) is 92.2 Å². The smallest absolute Gasteiger partial charge is 0.409 e. The Labute approximate surface area is 736 Å². The first-order chi connectivity index (χ1) is 62.5. The van der Waals surface area contributed by atoms with Gasteiger partial charge in [0.25, 0.3) is 0 Å². The number of nitrogen functional groups attached to an aromatic ring is 4. The first kappa shape index (κ1) is 88.3. The molecule has 43 heteroatoms. The number of likely N-dealkylation sites (tertiary alicyclic amines) is 1. The molecular formula is C85H101N35O8. The van der Waals surface area contributed by atoms with E-state index in [9.17, 15) is 4.79 Å². The Kier molecular flexibility index (Phi) is 29.9. The van der Waals surface area contributed by atoms with E-state index in [-0.39, 0.29) is 35.9 Å². The van der Waals surface area contributed by atoms with Gasteiger partial charge in [-0.1, -0.05) is 72.8 Å². The predicted octanol–water partition coefficient (Wildman–Crippen LogP) is 10.6. The maximum absolute atomic E-state index is 11.9. The third-order valence-electron chi connectivity index (χ3n) is 19.8. The van der Waals surface area contributed by atoms with E-state index in [1.54, 1.807) is 65.4 Å². The molecule has 0 unspecified atom stereocenters. The van der Waals surface area contributed by atoms with Gasteiger partial charge in [0.15, 0.2) is 34.8 Å². The van der Waals surface area contributed by atoms with Crippen LogP contribution in [0.3, 0.4) is 0 Å². The standard InChI is InChI=1S/C26H31N9O3.C21H27N9O3.C20H20N8O.C18H23N9O/c1-18-28-23(30-19-6-4-3-5-7-19)17-24(29-18)35-25(27)32-26(33-35)31-20-8-9-21(22(16-20)36-2)38-15-12-34-10-13-37-14-11-34;1-3-33-21(31)29-10-8-14(9-11-29)25-17-12-18(24-13-23-17)30-19(22)27-20(28-30)26-15-6-4-5-7-16(15)32-2;1-13-22-17(24-14-8-4-3-5-9-14)12-18(23-13)28-19(21)26-20(27-28)25-15-10-6-7-11-16(15)29-2;1-28-14-5-3-2-4-13(14)24-18-25-17(19)27(26-18)16-10-15(21-11-22-16)23-12-6-8-20-9-7-12/h3-9,16-17H,10-15H2,1-2H3,(H,28,29,30)(H3,27,31,32,33);4-7,12-14H,3,8-11H2,1-2H3,(H,23,24,25)(H3,22,26,27,28);3-12H,1-2H3,(H,22,23,24)(H3,21,25,26,27);2-5,10-12,20H,6-9H2,1H3,(H,21,22,23)(H3,19,24,25,26). The highest BCUT2D eigenvalue weighted by Gasteiger charge is 2.26. The van der Waals surface area contributed by atoms with E-state index in [2.05, 4.69) is 133 Å². The molecular weight excluding hydrogens is 1640 g/mol. The predicted molar refractivity (Wildman–Crippen MR) is 487 cm³/mol. The van der Waals surface area contributed by atoms with Gasteiger partial charge in [-0.15, -0.1) is 20.4 Å². The summed E-state index contributed by atoms with van der Waals surface area (Å²) >= 11 is 0. The molecule has 128 heavy (non-hydrogen) atoms. The molecule has 43 nitrogen and oxygen atoms in total. The maximum Gasteiger partial charge on any atom is 0.409 e. The summed E-state index contributed by atoms with van der Waals surface area (Å²) in [5.74, 6) is 11.2. The number of hydrogen-bond acceptors (Lipinski definition) is 38. The molecule has 6 aromatic carbocycles. The molecule has 0 atom stereocenters. The molecule has 11 heterocycles. The number of rotatable bonds is 29. The molecule has 17 N–H and O–H groups in total. The Morgan fingerprint density at radius 1 is 0.422 bits per heavy atom. The number of para-hydroxylation sites is 8. The topological polar surface area (TPSA) is 526 Å². The lowest BCUT2D eigenvalue weighted by Crippen LogP contribution is -2.42. The number of morpholine rings is 1. The Hall–Kier alpha value is -16.1. The lowest BCUT2D eigenvalue weighted by Gasteiger charge is -2.31. The fourth-order valence-electron chi connectivity index (χ4n) is 13.6. The van der Waals surface area contributed by atoms with Crippen molar-refractivity contribution in [2.24, 2.45) is 0 Å². The van der Waals surface area contributed by atoms with E-state index in [1.165, 1.54) is 31.4 Å². The SMILES string of the molecule is CCOC(=O)N1CCC(Nc2cc(-n3nc(Nc4ccccc4OC)nc3N)ncn2)CC1.COc1cc(Nc2nc(N)n(-c3cc(Nc4ccccc4)nc(C)n3)n2)ccc1OCCN1CCOCC1.COc1ccccc1Nc1nc(N)n(-c2cc(NC3CCNCC3)ncn2)n1.COc1ccccc1Nc1nc(N)n(-c2cc(Nc3ccccc3)nc(C)n2)n1. The molecule has 8 aromatic heterocycles. The van der Waals surface area contributed by atoms with Crippen molar-refractivity contribution in [1.29, 1.82) is 0 Å². The third-order valence-corrected chi connectivity index (χ3v) is 19.8. The molecule has 0 aliphatic carbocycles. The highest BCUT2D eigenvalue weighted by Crippen LogP contribution is 2.34. The molecule has 3 aliphatic heterocycles. The van der Waals surface area contributed by atoms with Crippen LogP contribution in [0.1, 0.15) is 44.3 Å². The Morgan fingerprint density at radius 3 is 1.27 bits per heavy atom. The van der Waals surface area contributed by atoms with Crippen LogP contribution in [-0.4, -0.2) is 228 Å². The minimum Gasteiger partial charge on any atom is -0.495 e. The molecule has 1 amide bonds. The first-order valence-electron chi connectivity index (χ1n) is 41.1. The van der Waals surface area contributed by atoms with Crippen molar-refractivity contribution >= 4 is 111 Å². The van der Waals surface area contributed by atoms with Gasteiger partial charge in [-0.05, 0) is 132 Å². The second kappa shape index (κ2) is 43.3. The van der Waals surface area contributed by atoms with Crippen LogP contribution >= 0.6 is 0 Å². The van der Waals surface area contributed by atoms with Crippen LogP contribution in [0.4, 0.5) is 110 Å². The lowest BCUT2D eigenvalue weighted by atomic mass is 10.1. The van der Waals surface area contributed by atoms with Crippen molar-refractivity contribution in [3.05, 3.63) is 200 Å². The molecule has 0 radical (unpaired) electrons. The van der Waals surface area contributed by atoms with Gasteiger partial charge >= 0.3 is 6.09 Å². The Bertz CT molecular complexity index is 5940. The number of carbonyl (C=O) groups excluding carboxylic acids is 1. The lowest BCUT2D eigenvalue weighted by molar-refractivity contribution is 0.0321. The Balaban J connectivity index is 0.000000139. The largest absolute Gasteiger partial charge is 0.495 e. The van der Waals surface area contributed by atoms with Gasteiger partial charge in [0.2, 0.25) is 47.6 Å². The van der Waals surface area contributed by atoms with Crippen molar-refractivity contribution in [2.45, 2.75) is 58.5 Å². The molecule has 14 aromatic rings. The number of nitrogens with zero attached hydrogens (tertiary/aromatic N) is 22. The summed E-state index contributed by atoms with van der Waals surface area (Å²) < 4.78 is 43.8. The Morgan fingerprint density at radius 2 is 0.828 bits per heavy atom. The fourth-order valence-corrected chi connectivity index (χ4v) is 13.6. The minimum absolute atomic E-state index is 0.175. The molecule has 0 spiro atoms. The van der Waals surface area contributed by atoms with Crippen molar-refractivity contribution in [2.75, 3.05) is 166 Å². The number of nitrogens with one attached hydrogen (secondary N) is 9. The summed E-state index contributed by atoms with van der Waals surface area (Å²) in [6.45, 7) is 13.8. The van der Waals surface area contributed by atoms with Gasteiger partial charge < -0.3 is 109 Å². The molecule has 3 fully saturated rings. The van der Waals surface area contributed by atoms with Crippen LogP contribution in [0.2, 0.25) is 0 Å². The second-order valence-electron chi connectivity index (χ2n) is 28.7. The van der Waals surface area contributed by atoms with E-state index in [0.717, 1.165) is 112 Å². The van der Waals surface area contributed by atoms with Crippen LogP contribution in [0.15, 0.2) is 189 Å². The zero-order valence-electron chi connectivity index (χ0n) is 71.6. The molecule has 3 aliphatic rings. The molecule has 0 saturated carbocycles. The number of nitrogens with two attached hydrogens (primary N) is 4. The highest BCUT2D eigenvalue weighted by molar-refractivity contribution is 5.69. The van der Waals surface area contributed by atoms with Crippen LogP contribution in [0.5, 0.6) is 28.7 Å². The van der Waals surface area contributed by atoms with Crippen LogP contribution in [-0.2, 0) is 9.47 Å². The fraction of sp³-hybridized carbons (Fsp3) is 0.282. The van der Waals surface area contributed by atoms with E-state index in [0.29, 0.717) is 137 Å². The zero-order chi connectivity index (χ0) is 89.1. The summed E-state index contributed by atoms with van der Waals surface area (Å²) in [4.78, 5) is 68.1. The van der Waals surface area contributed by atoms with E-state index in [4.69, 9.17) is 56.1 Å². The molecule has 0 bridgehead atoms. The maximum atomic E-state index is 11.9. The number of aryl methyl sites for hydroxylation is 2. The van der Waals surface area contributed by atoms with E-state index < -0.39 is 0 Å². The first-order valence-corrected chi connectivity index (χ1v) is 41.1. The molecule has 17 rings (SSSR count). The molecule has 3 saturated heterocycles. The number of methoxy groups -OCH3 is 4. The monoisotopic (exact) mass is 1740 g/mol. The second-order valence-corrected chi connectivity index (χ2v) is 28.7. The van der Waals surface area contributed by atoms with Gasteiger partial charge in [-0.3, -0.25) is 4.90 Å². The summed E-state index contributed by atoms with van der Waals surface area (Å²) in [6.07, 6.45) is 6.36. The van der Waals surface area contributed by atoms with E-state index in [1.807, 2.05) is 165 Å².